The van der Waals surface area contributed by atoms with E-state index in [1.54, 1.807) is 0 Å². The number of nitrogens with one attached hydrogen (secondary N) is 2. The number of carbonyl (C=O) groups excluding carboxylic acids is 1. The monoisotopic (exact) mass is 403 g/mol. The predicted molar refractivity (Wildman–Crippen MR) is 108 cm³/mol. The highest BCUT2D eigenvalue weighted by Gasteiger charge is 2.29. The zero-order valence-corrected chi connectivity index (χ0v) is 16.9. The number of hydrogen-bond donors (Lipinski definition) is 3. The zero-order valence-electron chi connectivity index (χ0n) is 16.9. The molecule has 3 N–H and O–H groups in total. The quantitative estimate of drug-likeness (QED) is 0.525. The van der Waals surface area contributed by atoms with Gasteiger partial charge in [-0.3, -0.25) is 4.79 Å². The maximum absolute atomic E-state index is 12.7. The number of nitrogens with zero attached hydrogens (tertiary/aromatic N) is 1. The predicted octanol–water partition coefficient (Wildman–Crippen LogP) is 2.11. The molecule has 1 aromatic heterocycles. The molecule has 158 valence electrons. The maximum Gasteiger partial charge on any atom is 0.286 e. The molecule has 8 heteroatoms. The zero-order chi connectivity index (χ0) is 20.6. The van der Waals surface area contributed by atoms with E-state index in [4.69, 9.17) is 19.3 Å². The molecule has 0 radical (unpaired) electrons. The Bertz CT molecular complexity index is 800. The molecule has 0 bridgehead atoms. The molecule has 0 fully saturated rings. The molecule has 0 saturated carbocycles. The summed E-state index contributed by atoms with van der Waals surface area (Å²) in [6, 6.07) is 7.72. The molecule has 2 unspecified atom stereocenters. The Morgan fingerprint density at radius 1 is 1.34 bits per heavy atom. The van der Waals surface area contributed by atoms with Gasteiger partial charge < -0.3 is 29.6 Å². The molecule has 2 atom stereocenters. The van der Waals surface area contributed by atoms with Crippen LogP contribution in [-0.4, -0.2) is 53.7 Å². The van der Waals surface area contributed by atoms with Crippen molar-refractivity contribution in [1.82, 2.24) is 15.3 Å². The second-order valence-electron chi connectivity index (χ2n) is 7.31. The number of benzene rings is 1. The number of fused-ring (bicyclic) bond motifs is 1. The number of amides is 1. The van der Waals surface area contributed by atoms with Crippen LogP contribution in [0.1, 0.15) is 26.1 Å². The number of imidazole rings is 1. The Kier molecular flexibility index (Phi) is 7.62. The van der Waals surface area contributed by atoms with Gasteiger partial charge in [0.25, 0.3) is 5.91 Å². The summed E-state index contributed by atoms with van der Waals surface area (Å²) in [5.74, 6) is 1.20. The van der Waals surface area contributed by atoms with E-state index in [1.807, 2.05) is 30.3 Å². The number of allylic oxidation sites excluding steroid dienone is 1. The van der Waals surface area contributed by atoms with Crippen LogP contribution in [0.4, 0.5) is 0 Å². The topological polar surface area (TPSA) is 106 Å². The van der Waals surface area contributed by atoms with Crippen molar-refractivity contribution in [1.29, 1.82) is 0 Å². The molecular formula is C21H29N3O5. The summed E-state index contributed by atoms with van der Waals surface area (Å²) >= 11 is 0. The minimum Gasteiger partial charge on any atom is -0.459 e. The lowest BCUT2D eigenvalue weighted by molar-refractivity contribution is -0.155. The highest BCUT2D eigenvalue weighted by atomic mass is 16.7. The molecule has 1 aliphatic rings. The fourth-order valence-corrected chi connectivity index (χ4v) is 3.16. The van der Waals surface area contributed by atoms with Gasteiger partial charge in [-0.05, 0) is 30.0 Å². The van der Waals surface area contributed by atoms with Crippen LogP contribution in [0.3, 0.4) is 0 Å². The van der Waals surface area contributed by atoms with Crippen molar-refractivity contribution in [2.45, 2.75) is 33.1 Å². The van der Waals surface area contributed by atoms with E-state index >= 15 is 0 Å². The van der Waals surface area contributed by atoms with E-state index < -0.39 is 6.29 Å². The highest BCUT2D eigenvalue weighted by molar-refractivity contribution is 5.91. The Balaban J connectivity index is 1.56. The van der Waals surface area contributed by atoms with Crippen LogP contribution in [0, 0.1) is 11.8 Å². The van der Waals surface area contributed by atoms with Crippen molar-refractivity contribution in [2.75, 3.05) is 26.4 Å². The summed E-state index contributed by atoms with van der Waals surface area (Å²) in [6.07, 6.45) is 2.05. The highest BCUT2D eigenvalue weighted by Crippen LogP contribution is 2.28. The fraction of sp³-hybridized carbons (Fsp3) is 0.524. The molecular weight excluding hydrogens is 374 g/mol. The number of rotatable bonds is 10. The molecule has 3 rings (SSSR count). The molecule has 0 saturated heterocycles. The maximum atomic E-state index is 12.7. The Labute approximate surface area is 170 Å². The van der Waals surface area contributed by atoms with E-state index in [-0.39, 0.29) is 37.3 Å². The van der Waals surface area contributed by atoms with Gasteiger partial charge >= 0.3 is 0 Å². The number of aromatic nitrogens is 2. The summed E-state index contributed by atoms with van der Waals surface area (Å²) in [5.41, 5.74) is 1.79. The molecule has 1 amide bonds. The Morgan fingerprint density at radius 2 is 2.17 bits per heavy atom. The van der Waals surface area contributed by atoms with E-state index in [0.29, 0.717) is 31.4 Å². The van der Waals surface area contributed by atoms with Crippen LogP contribution >= 0.6 is 0 Å². The molecule has 0 spiro atoms. The van der Waals surface area contributed by atoms with Gasteiger partial charge in [-0.15, -0.1) is 0 Å². The third-order valence-corrected chi connectivity index (χ3v) is 4.79. The number of H-pyrrole nitrogens is 1. The number of ether oxygens (including phenoxy) is 3. The minimum absolute atomic E-state index is 0.0202. The first-order chi connectivity index (χ1) is 14.1. The van der Waals surface area contributed by atoms with Gasteiger partial charge in [0.2, 0.25) is 6.29 Å². The van der Waals surface area contributed by atoms with Crippen molar-refractivity contribution in [2.24, 2.45) is 11.8 Å². The first-order valence-electron chi connectivity index (χ1n) is 9.97. The number of hydrogen-bond acceptors (Lipinski definition) is 6. The van der Waals surface area contributed by atoms with Crippen LogP contribution < -0.4 is 5.32 Å². The van der Waals surface area contributed by atoms with Gasteiger partial charge in [-0.1, -0.05) is 26.0 Å². The van der Waals surface area contributed by atoms with Crippen molar-refractivity contribution >= 4 is 16.9 Å². The lowest BCUT2D eigenvalue weighted by Crippen LogP contribution is -2.34. The van der Waals surface area contributed by atoms with Gasteiger partial charge in [-0.2, -0.15) is 0 Å². The first kappa shape index (κ1) is 21.3. The molecule has 1 aromatic carbocycles. The first-order valence-corrected chi connectivity index (χ1v) is 9.97. The number of aliphatic hydroxyl groups is 1. The summed E-state index contributed by atoms with van der Waals surface area (Å²) in [5, 5.41) is 11.6. The van der Waals surface area contributed by atoms with Crippen molar-refractivity contribution in [3.8, 4) is 0 Å². The normalized spacial score (nSPS) is 19.2. The van der Waals surface area contributed by atoms with Crippen molar-refractivity contribution in [3.63, 3.8) is 0 Å². The molecule has 2 heterocycles. The van der Waals surface area contributed by atoms with E-state index in [9.17, 15) is 4.79 Å². The number of carbonyl (C=O) groups is 1. The van der Waals surface area contributed by atoms with Crippen LogP contribution in [0.25, 0.3) is 11.0 Å². The average Bonchev–Trinajstić information content (AvgIpc) is 3.14. The van der Waals surface area contributed by atoms with Crippen LogP contribution in [0.2, 0.25) is 0 Å². The van der Waals surface area contributed by atoms with E-state index in [1.165, 1.54) is 0 Å². The number of para-hydroxylation sites is 2. The summed E-state index contributed by atoms with van der Waals surface area (Å²) < 4.78 is 16.7. The number of aromatic amines is 1. The minimum atomic E-state index is -0.503. The van der Waals surface area contributed by atoms with E-state index in [2.05, 4.69) is 29.1 Å². The smallest absolute Gasteiger partial charge is 0.286 e. The van der Waals surface area contributed by atoms with Gasteiger partial charge in [-0.25, -0.2) is 4.98 Å². The summed E-state index contributed by atoms with van der Waals surface area (Å²) in [4.78, 5) is 20.3. The standard InChI is InChI=1S/C21H29N3O5/c1-14(2)15-11-18(29-20(12-15)28-10-9-27-8-7-25)21(26)22-13-19-23-16-5-3-4-6-17(16)24-19/h3-6,11,14-15,20,25H,7-10,12-13H2,1-2H3,(H,22,26)(H,23,24). The third kappa shape index (κ3) is 6.03. The molecule has 0 aliphatic carbocycles. The van der Waals surface area contributed by atoms with E-state index in [0.717, 1.165) is 11.0 Å². The number of aliphatic hydroxyl groups excluding tert-OH is 1. The van der Waals surface area contributed by atoms with Gasteiger partial charge in [0.1, 0.15) is 5.82 Å². The second kappa shape index (κ2) is 10.4. The van der Waals surface area contributed by atoms with Crippen molar-refractivity contribution in [3.05, 3.63) is 41.9 Å². The third-order valence-electron chi connectivity index (χ3n) is 4.79. The van der Waals surface area contributed by atoms with Crippen LogP contribution in [0.15, 0.2) is 36.1 Å². The summed E-state index contributed by atoms with van der Waals surface area (Å²) in [7, 11) is 0. The average molecular weight is 403 g/mol. The van der Waals surface area contributed by atoms with Gasteiger partial charge in [0.15, 0.2) is 5.76 Å². The SMILES string of the molecule is CC(C)C1C=C(C(=O)NCc2nc3ccccc3[nH]2)OC(OCCOCCO)C1. The second-order valence-corrected chi connectivity index (χ2v) is 7.31. The molecule has 29 heavy (non-hydrogen) atoms. The Morgan fingerprint density at radius 3 is 2.93 bits per heavy atom. The van der Waals surface area contributed by atoms with Crippen LogP contribution in [-0.2, 0) is 25.5 Å². The lowest BCUT2D eigenvalue weighted by atomic mass is 9.90. The fourth-order valence-electron chi connectivity index (χ4n) is 3.16. The van der Waals surface area contributed by atoms with Gasteiger partial charge in [0, 0.05) is 6.42 Å². The Hall–Kier alpha value is -2.42. The summed E-state index contributed by atoms with van der Waals surface area (Å²) in [6.45, 7) is 5.46. The molecule has 1 aliphatic heterocycles. The van der Waals surface area contributed by atoms with Crippen LogP contribution in [0.5, 0.6) is 0 Å². The lowest BCUT2D eigenvalue weighted by Gasteiger charge is -2.30. The molecule has 2 aromatic rings. The largest absolute Gasteiger partial charge is 0.459 e. The molecule has 8 nitrogen and oxygen atoms in total. The van der Waals surface area contributed by atoms with Gasteiger partial charge in [0.05, 0.1) is 44.0 Å². The van der Waals surface area contributed by atoms with Crippen molar-refractivity contribution < 1.29 is 24.1 Å².